The Morgan fingerprint density at radius 1 is 1.38 bits per heavy atom. The van der Waals surface area contributed by atoms with Crippen LogP contribution in [0, 0.1) is 5.82 Å². The van der Waals surface area contributed by atoms with Gasteiger partial charge in [0.1, 0.15) is 5.82 Å². The van der Waals surface area contributed by atoms with Gasteiger partial charge in [0.15, 0.2) is 5.84 Å². The first-order valence-corrected chi connectivity index (χ1v) is 7.86. The molecule has 1 amide bonds. The minimum atomic E-state index is -0.648. The molecular weight excluding hydrogens is 429 g/mol. The van der Waals surface area contributed by atoms with E-state index in [9.17, 15) is 9.18 Å². The number of hydrogen-bond acceptors (Lipinski definition) is 4. The average Bonchev–Trinajstić information content (AvgIpc) is 2.80. The number of rotatable bonds is 3. The molecule has 0 unspecified atom stereocenters. The van der Waals surface area contributed by atoms with Gasteiger partial charge in [-0.15, -0.1) is 11.3 Å². The Bertz CT molecular complexity index is 714. The molecule has 5 nitrogen and oxygen atoms in total. The number of amides is 1. The van der Waals surface area contributed by atoms with Crippen molar-refractivity contribution in [1.82, 2.24) is 0 Å². The predicted octanol–water partition coefficient (Wildman–Crippen LogP) is 3.76. The Morgan fingerprint density at radius 2 is 2.10 bits per heavy atom. The summed E-state index contributed by atoms with van der Waals surface area (Å²) in [5.74, 6) is -1.36. The molecule has 0 atom stereocenters. The van der Waals surface area contributed by atoms with Gasteiger partial charge in [-0.2, -0.15) is 0 Å². The fourth-order valence-electron chi connectivity index (χ4n) is 1.50. The van der Waals surface area contributed by atoms with E-state index in [2.05, 4.69) is 42.3 Å². The van der Waals surface area contributed by atoms with Crippen molar-refractivity contribution in [1.29, 1.82) is 0 Å². The van der Waals surface area contributed by atoms with Crippen LogP contribution in [0.3, 0.4) is 0 Å². The maximum Gasteiger partial charge on any atom is 0.265 e. The lowest BCUT2D eigenvalue weighted by Crippen LogP contribution is -2.16. The molecule has 1 aromatic carbocycles. The van der Waals surface area contributed by atoms with E-state index in [-0.39, 0.29) is 17.3 Å². The second-order valence-corrected chi connectivity index (χ2v) is 7.09. The smallest absolute Gasteiger partial charge is 0.265 e. The standard InChI is InChI=1S/C12H8Br2FN3O2S/c13-7-4-9(21-10(7)14)12(19)17-5-1-2-8(15)6(3-5)11(16)18-20/h1-4,20H,(H2,16,18)(H,17,19). The monoisotopic (exact) mass is 435 g/mol. The minimum absolute atomic E-state index is 0.0937. The number of oxime groups is 1. The summed E-state index contributed by atoms with van der Waals surface area (Å²) in [7, 11) is 0. The molecule has 2 rings (SSSR count). The molecule has 0 aliphatic carbocycles. The second-order valence-electron chi connectivity index (χ2n) is 3.87. The van der Waals surface area contributed by atoms with Crippen LogP contribution in [0.1, 0.15) is 15.2 Å². The van der Waals surface area contributed by atoms with Crippen LogP contribution in [-0.4, -0.2) is 17.0 Å². The number of hydrogen-bond donors (Lipinski definition) is 3. The Balaban J connectivity index is 2.25. The first kappa shape index (κ1) is 15.9. The van der Waals surface area contributed by atoms with Gasteiger partial charge in [0.2, 0.25) is 0 Å². The maximum atomic E-state index is 13.5. The molecule has 4 N–H and O–H groups in total. The van der Waals surface area contributed by atoms with Crippen LogP contribution in [0.25, 0.3) is 0 Å². The van der Waals surface area contributed by atoms with Crippen LogP contribution in [0.2, 0.25) is 0 Å². The highest BCUT2D eigenvalue weighted by Crippen LogP contribution is 2.32. The summed E-state index contributed by atoms with van der Waals surface area (Å²) >= 11 is 7.85. The Kier molecular flexibility index (Phi) is 4.96. The van der Waals surface area contributed by atoms with Crippen molar-refractivity contribution < 1.29 is 14.4 Å². The van der Waals surface area contributed by atoms with E-state index < -0.39 is 5.82 Å². The van der Waals surface area contributed by atoms with Crippen molar-refractivity contribution in [3.63, 3.8) is 0 Å². The van der Waals surface area contributed by atoms with Crippen molar-refractivity contribution in [2.45, 2.75) is 0 Å². The number of carbonyl (C=O) groups excluding carboxylic acids is 1. The van der Waals surface area contributed by atoms with E-state index in [1.807, 2.05) is 0 Å². The van der Waals surface area contributed by atoms with Gasteiger partial charge in [-0.3, -0.25) is 4.79 Å². The van der Waals surface area contributed by atoms with Crippen LogP contribution in [0.5, 0.6) is 0 Å². The van der Waals surface area contributed by atoms with Gasteiger partial charge in [-0.05, 0) is 56.1 Å². The van der Waals surface area contributed by atoms with E-state index in [0.717, 1.165) is 14.3 Å². The number of amidine groups is 1. The van der Waals surface area contributed by atoms with Gasteiger partial charge < -0.3 is 16.3 Å². The Morgan fingerprint density at radius 3 is 2.67 bits per heavy atom. The molecule has 0 fully saturated rings. The second kappa shape index (κ2) is 6.54. The van der Waals surface area contributed by atoms with Crippen LogP contribution in [0.15, 0.2) is 37.7 Å². The molecule has 1 aromatic heterocycles. The van der Waals surface area contributed by atoms with Crippen LogP contribution >= 0.6 is 43.2 Å². The molecule has 2 aromatic rings. The molecule has 21 heavy (non-hydrogen) atoms. The maximum absolute atomic E-state index is 13.5. The lowest BCUT2D eigenvalue weighted by Gasteiger charge is -2.07. The number of carbonyl (C=O) groups is 1. The SMILES string of the molecule is N/C(=N/O)c1cc(NC(=O)c2cc(Br)c(Br)s2)ccc1F. The van der Waals surface area contributed by atoms with Gasteiger partial charge in [-0.1, -0.05) is 5.16 Å². The third-order valence-electron chi connectivity index (χ3n) is 2.48. The summed E-state index contributed by atoms with van der Waals surface area (Å²) in [4.78, 5) is 12.5. The summed E-state index contributed by atoms with van der Waals surface area (Å²) in [6.45, 7) is 0. The number of benzene rings is 1. The van der Waals surface area contributed by atoms with Crippen molar-refractivity contribution >= 4 is 60.6 Å². The zero-order valence-corrected chi connectivity index (χ0v) is 14.2. The third-order valence-corrected chi connectivity index (χ3v) is 5.73. The number of halogens is 3. The summed E-state index contributed by atoms with van der Waals surface area (Å²) in [5, 5.41) is 14.0. The van der Waals surface area contributed by atoms with Crippen LogP contribution < -0.4 is 11.1 Å². The largest absolute Gasteiger partial charge is 0.409 e. The van der Waals surface area contributed by atoms with Crippen molar-refractivity contribution in [3.05, 3.63) is 48.8 Å². The van der Waals surface area contributed by atoms with E-state index in [1.54, 1.807) is 6.07 Å². The number of nitrogens with zero attached hydrogens (tertiary/aromatic N) is 1. The number of nitrogens with one attached hydrogen (secondary N) is 1. The minimum Gasteiger partial charge on any atom is -0.409 e. The number of thiophene rings is 1. The molecule has 0 bridgehead atoms. The van der Waals surface area contributed by atoms with E-state index in [0.29, 0.717) is 10.6 Å². The summed E-state index contributed by atoms with van der Waals surface area (Å²) < 4.78 is 15.1. The highest BCUT2D eigenvalue weighted by molar-refractivity contribution is 9.13. The molecule has 0 radical (unpaired) electrons. The summed E-state index contributed by atoms with van der Waals surface area (Å²) in [6, 6.07) is 5.47. The van der Waals surface area contributed by atoms with Crippen molar-refractivity contribution in [2.75, 3.05) is 5.32 Å². The molecule has 0 saturated heterocycles. The van der Waals surface area contributed by atoms with Gasteiger partial charge >= 0.3 is 0 Å². The van der Waals surface area contributed by atoms with E-state index in [1.165, 1.54) is 23.5 Å². The zero-order chi connectivity index (χ0) is 15.6. The van der Waals surface area contributed by atoms with Gasteiger partial charge in [0.05, 0.1) is 14.2 Å². The molecule has 0 spiro atoms. The number of anilines is 1. The molecule has 0 saturated carbocycles. The van der Waals surface area contributed by atoms with E-state index in [4.69, 9.17) is 10.9 Å². The molecule has 1 heterocycles. The lowest BCUT2D eigenvalue weighted by atomic mass is 10.1. The van der Waals surface area contributed by atoms with Gasteiger partial charge in [0.25, 0.3) is 5.91 Å². The topological polar surface area (TPSA) is 87.7 Å². The number of nitrogens with two attached hydrogens (primary N) is 1. The quantitative estimate of drug-likeness (QED) is 0.296. The predicted molar refractivity (Wildman–Crippen MR) is 86.6 cm³/mol. The highest BCUT2D eigenvalue weighted by Gasteiger charge is 2.14. The normalized spacial score (nSPS) is 11.5. The zero-order valence-electron chi connectivity index (χ0n) is 10.2. The van der Waals surface area contributed by atoms with Crippen molar-refractivity contribution in [2.24, 2.45) is 10.9 Å². The Hall–Kier alpha value is -1.45. The molecule has 9 heteroatoms. The fraction of sp³-hybridized carbons (Fsp3) is 0. The van der Waals surface area contributed by atoms with Gasteiger partial charge in [-0.25, -0.2) is 4.39 Å². The van der Waals surface area contributed by atoms with Crippen LogP contribution in [0.4, 0.5) is 10.1 Å². The molecular formula is C12H8Br2FN3O2S. The summed E-state index contributed by atoms with van der Waals surface area (Å²) in [6.07, 6.45) is 0. The molecule has 0 aliphatic rings. The summed E-state index contributed by atoms with van der Waals surface area (Å²) in [5.41, 5.74) is 5.61. The third kappa shape index (κ3) is 3.60. The lowest BCUT2D eigenvalue weighted by molar-refractivity contribution is 0.103. The molecule has 0 aliphatic heterocycles. The van der Waals surface area contributed by atoms with Crippen LogP contribution in [-0.2, 0) is 0 Å². The Labute approximate surface area is 139 Å². The fourth-order valence-corrected chi connectivity index (χ4v) is 3.44. The van der Waals surface area contributed by atoms with E-state index >= 15 is 0 Å². The van der Waals surface area contributed by atoms with Crippen molar-refractivity contribution in [3.8, 4) is 0 Å². The molecule has 110 valence electrons. The first-order valence-electron chi connectivity index (χ1n) is 5.46. The van der Waals surface area contributed by atoms with Gasteiger partial charge in [0, 0.05) is 10.2 Å². The average molecular weight is 437 g/mol. The first-order chi connectivity index (χ1) is 9.92. The highest BCUT2D eigenvalue weighted by atomic mass is 79.9.